The minimum Gasteiger partial charge on any atom is -0.497 e. The van der Waals surface area contributed by atoms with E-state index in [0.29, 0.717) is 29.5 Å². The number of nitrogens with zero attached hydrogens (tertiary/aromatic N) is 3. The molecule has 0 unspecified atom stereocenters. The number of amides is 2. The number of nitrogens with one attached hydrogen (secondary N) is 1. The van der Waals surface area contributed by atoms with E-state index in [1.807, 2.05) is 45.9 Å². The molecule has 1 spiro atoms. The molecule has 3 heterocycles. The molecule has 2 amide bonds. The van der Waals surface area contributed by atoms with Crippen LogP contribution in [-0.4, -0.2) is 71.1 Å². The summed E-state index contributed by atoms with van der Waals surface area (Å²) >= 11 is 0. The van der Waals surface area contributed by atoms with E-state index in [0.717, 1.165) is 62.4 Å². The number of fused-ring (bicyclic) bond motifs is 6. The maximum atomic E-state index is 14.1. The zero-order chi connectivity index (χ0) is 30.5. The molecule has 43 heavy (non-hydrogen) atoms. The SMILES string of the molecule is CC[C@@H]1[C@@H]2CN(C(=O)[C@H](C(C)(C)C)NC(=O)O[C@@H]3C[C@H]3CCCCC3(CC3)c3nc4ccc(OC)cc4nc3O2)[C@@H]1C=O. The first-order valence-corrected chi connectivity index (χ1v) is 15.8. The van der Waals surface area contributed by atoms with E-state index in [2.05, 4.69) is 5.32 Å². The van der Waals surface area contributed by atoms with Gasteiger partial charge in [0.15, 0.2) is 0 Å². The highest BCUT2D eigenvalue weighted by atomic mass is 16.6. The second-order valence-electron chi connectivity index (χ2n) is 14.0. The van der Waals surface area contributed by atoms with E-state index in [4.69, 9.17) is 24.2 Å². The molecule has 2 saturated carbocycles. The van der Waals surface area contributed by atoms with Gasteiger partial charge in [-0.05, 0) is 62.0 Å². The highest BCUT2D eigenvalue weighted by Gasteiger charge is 2.51. The van der Waals surface area contributed by atoms with Crippen LogP contribution in [0.15, 0.2) is 18.2 Å². The molecule has 1 N–H and O–H groups in total. The van der Waals surface area contributed by atoms with Gasteiger partial charge >= 0.3 is 6.09 Å². The lowest BCUT2D eigenvalue weighted by atomic mass is 9.85. The van der Waals surface area contributed by atoms with Crippen LogP contribution in [-0.2, 0) is 19.7 Å². The summed E-state index contributed by atoms with van der Waals surface area (Å²) in [4.78, 5) is 51.3. The normalized spacial score (nSPS) is 30.7. The van der Waals surface area contributed by atoms with Crippen LogP contribution in [0.4, 0.5) is 4.79 Å². The number of hydrogen-bond acceptors (Lipinski definition) is 8. The van der Waals surface area contributed by atoms with Crippen LogP contribution in [0.5, 0.6) is 11.6 Å². The topological polar surface area (TPSA) is 120 Å². The fourth-order valence-electron chi connectivity index (χ4n) is 7.06. The summed E-state index contributed by atoms with van der Waals surface area (Å²) in [6, 6.07) is 4.13. The Hall–Kier alpha value is -3.43. The molecule has 1 aromatic heterocycles. The number of hydrogen-bond donors (Lipinski definition) is 1. The van der Waals surface area contributed by atoms with Crippen molar-refractivity contribution in [3.63, 3.8) is 0 Å². The minimum absolute atomic E-state index is 0.0988. The fraction of sp³-hybridized carbons (Fsp3) is 0.667. The molecule has 2 aliphatic carbocycles. The van der Waals surface area contributed by atoms with Gasteiger partial charge in [-0.15, -0.1) is 0 Å². The van der Waals surface area contributed by atoms with Crippen LogP contribution >= 0.6 is 0 Å². The van der Waals surface area contributed by atoms with Gasteiger partial charge in [0.25, 0.3) is 0 Å². The zero-order valence-corrected chi connectivity index (χ0v) is 25.9. The maximum absolute atomic E-state index is 14.1. The molecule has 10 heteroatoms. The lowest BCUT2D eigenvalue weighted by Crippen LogP contribution is -2.56. The van der Waals surface area contributed by atoms with Crippen LogP contribution in [0.1, 0.15) is 84.8 Å². The molecule has 6 rings (SSSR count). The molecule has 3 fully saturated rings. The summed E-state index contributed by atoms with van der Waals surface area (Å²) in [5.41, 5.74) is 1.64. The molecule has 10 nitrogen and oxygen atoms in total. The Bertz CT molecular complexity index is 1400. The lowest BCUT2D eigenvalue weighted by Gasteiger charge is -2.34. The largest absolute Gasteiger partial charge is 0.497 e. The van der Waals surface area contributed by atoms with Gasteiger partial charge in [0.1, 0.15) is 36.0 Å². The van der Waals surface area contributed by atoms with Crippen LogP contribution in [0, 0.1) is 17.3 Å². The Kier molecular flexibility index (Phi) is 7.75. The molecular weight excluding hydrogens is 548 g/mol. The highest BCUT2D eigenvalue weighted by molar-refractivity contribution is 5.89. The molecule has 4 aliphatic rings. The Balaban J connectivity index is 1.40. The van der Waals surface area contributed by atoms with E-state index >= 15 is 0 Å². The third-order valence-corrected chi connectivity index (χ3v) is 9.98. The molecule has 2 aromatic rings. The van der Waals surface area contributed by atoms with Gasteiger partial charge in [-0.3, -0.25) is 4.79 Å². The summed E-state index contributed by atoms with van der Waals surface area (Å²) in [6.45, 7) is 7.92. The summed E-state index contributed by atoms with van der Waals surface area (Å²) in [6.07, 6.45) is 7.27. The van der Waals surface area contributed by atoms with E-state index in [9.17, 15) is 14.4 Å². The number of benzene rings is 1. The number of aromatic nitrogens is 2. The maximum Gasteiger partial charge on any atom is 0.408 e. The summed E-state index contributed by atoms with van der Waals surface area (Å²) in [5.74, 6) is 0.966. The third-order valence-electron chi connectivity index (χ3n) is 9.98. The van der Waals surface area contributed by atoms with Crippen molar-refractivity contribution in [2.75, 3.05) is 13.7 Å². The molecular formula is C33H44N4O6. The van der Waals surface area contributed by atoms with Crippen molar-refractivity contribution >= 4 is 29.3 Å². The summed E-state index contributed by atoms with van der Waals surface area (Å²) in [7, 11) is 1.62. The molecule has 232 valence electrons. The number of methoxy groups -OCH3 is 1. The second-order valence-corrected chi connectivity index (χ2v) is 14.0. The Morgan fingerprint density at radius 2 is 1.88 bits per heavy atom. The number of rotatable bonds is 3. The van der Waals surface area contributed by atoms with Gasteiger partial charge in [-0.1, -0.05) is 40.5 Å². The van der Waals surface area contributed by atoms with Crippen LogP contribution in [0.25, 0.3) is 11.0 Å². The average molecular weight is 593 g/mol. The van der Waals surface area contributed by atoms with Crippen molar-refractivity contribution in [3.05, 3.63) is 23.9 Å². The molecule has 1 saturated heterocycles. The number of aldehydes is 1. The number of ether oxygens (including phenoxy) is 3. The number of carbonyl (C=O) groups is 3. The Morgan fingerprint density at radius 1 is 1.09 bits per heavy atom. The number of alkyl carbamates (subject to hydrolysis) is 1. The van der Waals surface area contributed by atoms with Gasteiger partial charge in [0.05, 0.1) is 30.7 Å². The van der Waals surface area contributed by atoms with E-state index < -0.39 is 29.7 Å². The molecule has 0 radical (unpaired) electrons. The average Bonchev–Trinajstić information content (AvgIpc) is 3.89. The van der Waals surface area contributed by atoms with E-state index in [1.165, 1.54) is 0 Å². The van der Waals surface area contributed by atoms with Crippen molar-refractivity contribution in [2.24, 2.45) is 17.3 Å². The fourth-order valence-corrected chi connectivity index (χ4v) is 7.06. The van der Waals surface area contributed by atoms with Gasteiger partial charge in [-0.2, -0.15) is 0 Å². The predicted octanol–water partition coefficient (Wildman–Crippen LogP) is 4.96. The minimum atomic E-state index is -0.868. The second kappa shape index (κ2) is 11.2. The lowest BCUT2D eigenvalue weighted by molar-refractivity contribution is -0.139. The highest BCUT2D eigenvalue weighted by Crippen LogP contribution is 2.54. The Labute approximate surface area is 253 Å². The zero-order valence-electron chi connectivity index (χ0n) is 25.9. The van der Waals surface area contributed by atoms with Gasteiger partial charge < -0.3 is 29.2 Å². The standard InChI is InChI=1S/C33H44N4O6/c1-6-21-24(18-38)37-17-26(21)42-29-27(34-22-11-10-20(41-5)16-23(22)35-29)33(13-14-33)12-8-7-9-19-15-25(19)43-31(40)36-28(30(37)39)32(2,3)4/h10-11,16,18-19,21,24-26,28H,6-9,12-15,17H2,1-5H3,(H,36,40)/t19-,21+,24-,25-,26+,28-/m1/s1. The van der Waals surface area contributed by atoms with Crippen LogP contribution < -0.4 is 14.8 Å². The van der Waals surface area contributed by atoms with Gasteiger partial charge in [0, 0.05) is 17.4 Å². The molecule has 6 atom stereocenters. The van der Waals surface area contributed by atoms with Crippen molar-refractivity contribution in [1.29, 1.82) is 0 Å². The number of carbonyl (C=O) groups excluding carboxylic acids is 3. The van der Waals surface area contributed by atoms with Crippen LogP contribution in [0.3, 0.4) is 0 Å². The quantitative estimate of drug-likeness (QED) is 0.497. The molecule has 2 aliphatic heterocycles. The van der Waals surface area contributed by atoms with Crippen molar-refractivity contribution < 1.29 is 28.6 Å². The van der Waals surface area contributed by atoms with E-state index in [1.54, 1.807) is 12.0 Å². The monoisotopic (exact) mass is 592 g/mol. The summed E-state index contributed by atoms with van der Waals surface area (Å²) in [5, 5.41) is 2.85. The van der Waals surface area contributed by atoms with Gasteiger partial charge in [0.2, 0.25) is 11.8 Å². The van der Waals surface area contributed by atoms with Crippen molar-refractivity contribution in [3.8, 4) is 11.6 Å². The van der Waals surface area contributed by atoms with Crippen LogP contribution in [0.2, 0.25) is 0 Å². The smallest absolute Gasteiger partial charge is 0.408 e. The van der Waals surface area contributed by atoms with Crippen molar-refractivity contribution in [2.45, 2.75) is 109 Å². The first kappa shape index (κ1) is 29.6. The Morgan fingerprint density at radius 3 is 2.56 bits per heavy atom. The van der Waals surface area contributed by atoms with E-state index in [-0.39, 0.29) is 29.9 Å². The third kappa shape index (κ3) is 5.77. The van der Waals surface area contributed by atoms with Crippen molar-refractivity contribution in [1.82, 2.24) is 20.2 Å². The van der Waals surface area contributed by atoms with Gasteiger partial charge in [-0.25, -0.2) is 14.8 Å². The first-order chi connectivity index (χ1) is 20.6. The molecule has 2 bridgehead atoms. The summed E-state index contributed by atoms with van der Waals surface area (Å²) < 4.78 is 17.9. The molecule has 1 aromatic carbocycles. The predicted molar refractivity (Wildman–Crippen MR) is 160 cm³/mol. The first-order valence-electron chi connectivity index (χ1n) is 15.8.